The number of aromatic nitrogens is 4. The molecule has 1 aliphatic carbocycles. The van der Waals surface area contributed by atoms with E-state index in [1.807, 2.05) is 31.2 Å². The predicted molar refractivity (Wildman–Crippen MR) is 117 cm³/mol. The molecule has 8 heteroatoms. The Bertz CT molecular complexity index is 1090. The summed E-state index contributed by atoms with van der Waals surface area (Å²) >= 11 is 0. The average Bonchev–Trinajstić information content (AvgIpc) is 3.08. The fourth-order valence-electron chi connectivity index (χ4n) is 4.19. The lowest BCUT2D eigenvalue weighted by Crippen LogP contribution is -2.31. The number of hydrogen-bond donors (Lipinski definition) is 2. The number of rotatable bonds is 6. The number of fused-ring (bicyclic) bond motifs is 1. The van der Waals surface area contributed by atoms with Crippen molar-refractivity contribution in [3.05, 3.63) is 47.4 Å². The van der Waals surface area contributed by atoms with Gasteiger partial charge >= 0.3 is 0 Å². The number of nitrogens with zero attached hydrogens (tertiary/aromatic N) is 4. The maximum atomic E-state index is 12.1. The van der Waals surface area contributed by atoms with Crippen molar-refractivity contribution >= 4 is 16.8 Å². The molecule has 164 valence electrons. The Morgan fingerprint density at radius 1 is 1.26 bits per heavy atom. The zero-order chi connectivity index (χ0) is 22.2. The molecule has 0 atom stereocenters. The van der Waals surface area contributed by atoms with Gasteiger partial charge in [0.1, 0.15) is 0 Å². The van der Waals surface area contributed by atoms with E-state index >= 15 is 0 Å². The molecule has 1 amide bonds. The standard InChI is InChI=1S/C23H29N5O3/c1-14-17-6-4-5-7-19(17)28(27-14)22-25-12-18(21(24)29)20(26-22)15-8-10-16(11-9-15)31-13-23(2,3)30/h4-7,12,15-16,30H,8-11,13H2,1-3H3,(H2,24,29). The molecule has 0 spiro atoms. The first-order valence-corrected chi connectivity index (χ1v) is 10.7. The molecule has 1 aromatic carbocycles. The Labute approximate surface area is 181 Å². The highest BCUT2D eigenvalue weighted by molar-refractivity contribution is 5.93. The van der Waals surface area contributed by atoms with Crippen molar-refractivity contribution in [1.82, 2.24) is 19.7 Å². The molecule has 4 rings (SSSR count). The average molecular weight is 424 g/mol. The molecule has 0 unspecified atom stereocenters. The molecule has 8 nitrogen and oxygen atoms in total. The summed E-state index contributed by atoms with van der Waals surface area (Å²) in [7, 11) is 0. The summed E-state index contributed by atoms with van der Waals surface area (Å²) in [4.78, 5) is 21.2. The van der Waals surface area contributed by atoms with Crippen LogP contribution in [0.25, 0.3) is 16.9 Å². The second kappa shape index (κ2) is 8.36. The Kier molecular flexibility index (Phi) is 5.77. The van der Waals surface area contributed by atoms with E-state index in [4.69, 9.17) is 15.5 Å². The highest BCUT2D eigenvalue weighted by atomic mass is 16.5. The third-order valence-electron chi connectivity index (χ3n) is 5.77. The molecule has 3 N–H and O–H groups in total. The summed E-state index contributed by atoms with van der Waals surface area (Å²) in [6.45, 7) is 5.73. The van der Waals surface area contributed by atoms with Gasteiger partial charge in [0, 0.05) is 17.5 Å². The summed E-state index contributed by atoms with van der Waals surface area (Å²) in [6, 6.07) is 7.92. The fourth-order valence-corrected chi connectivity index (χ4v) is 4.19. The highest BCUT2D eigenvalue weighted by Gasteiger charge is 2.29. The van der Waals surface area contributed by atoms with Gasteiger partial charge < -0.3 is 15.6 Å². The fraction of sp³-hybridized carbons (Fsp3) is 0.478. The largest absolute Gasteiger partial charge is 0.388 e. The zero-order valence-electron chi connectivity index (χ0n) is 18.2. The van der Waals surface area contributed by atoms with Gasteiger partial charge in [0.15, 0.2) is 0 Å². The van der Waals surface area contributed by atoms with E-state index in [2.05, 4.69) is 10.1 Å². The number of aryl methyl sites for hydroxylation is 1. The second-order valence-electron chi connectivity index (χ2n) is 8.94. The number of para-hydroxylation sites is 1. The van der Waals surface area contributed by atoms with Crippen LogP contribution in [0.5, 0.6) is 0 Å². The molecular weight excluding hydrogens is 394 g/mol. The van der Waals surface area contributed by atoms with Crippen molar-refractivity contribution < 1.29 is 14.6 Å². The van der Waals surface area contributed by atoms with Gasteiger partial charge in [0.05, 0.1) is 40.8 Å². The van der Waals surface area contributed by atoms with Crippen molar-refractivity contribution in [2.75, 3.05) is 6.61 Å². The molecule has 31 heavy (non-hydrogen) atoms. The van der Waals surface area contributed by atoms with Crippen LogP contribution in [0.3, 0.4) is 0 Å². The van der Waals surface area contributed by atoms with Crippen molar-refractivity contribution in [1.29, 1.82) is 0 Å². The zero-order valence-corrected chi connectivity index (χ0v) is 18.2. The Hall–Kier alpha value is -2.84. The Morgan fingerprint density at radius 2 is 1.97 bits per heavy atom. The molecule has 3 aromatic rings. The maximum Gasteiger partial charge on any atom is 0.252 e. The number of hydrogen-bond acceptors (Lipinski definition) is 6. The van der Waals surface area contributed by atoms with Crippen LogP contribution in [0.4, 0.5) is 0 Å². The van der Waals surface area contributed by atoms with E-state index in [0.717, 1.165) is 42.3 Å². The quantitative estimate of drug-likeness (QED) is 0.629. The minimum absolute atomic E-state index is 0.0918. The van der Waals surface area contributed by atoms with E-state index in [-0.39, 0.29) is 12.0 Å². The first-order chi connectivity index (χ1) is 14.7. The van der Waals surface area contributed by atoms with Crippen LogP contribution in [-0.2, 0) is 4.74 Å². The smallest absolute Gasteiger partial charge is 0.252 e. The number of carbonyl (C=O) groups excluding carboxylic acids is 1. The first-order valence-electron chi connectivity index (χ1n) is 10.7. The van der Waals surface area contributed by atoms with Crippen molar-refractivity contribution in [2.45, 2.75) is 64.1 Å². The van der Waals surface area contributed by atoms with E-state index in [1.165, 1.54) is 6.20 Å². The molecule has 0 aliphatic heterocycles. The monoisotopic (exact) mass is 423 g/mol. The molecule has 1 fully saturated rings. The SMILES string of the molecule is Cc1nn(-c2ncc(C(N)=O)c(C3CCC(OCC(C)(C)O)CC3)n2)c2ccccc12. The number of ether oxygens (including phenoxy) is 1. The molecule has 0 saturated heterocycles. The third-order valence-corrected chi connectivity index (χ3v) is 5.77. The number of nitrogens with two attached hydrogens (primary N) is 1. The van der Waals surface area contributed by atoms with Gasteiger partial charge in [0.25, 0.3) is 11.9 Å². The number of benzene rings is 1. The van der Waals surface area contributed by atoms with Crippen LogP contribution < -0.4 is 5.73 Å². The topological polar surface area (TPSA) is 116 Å². The van der Waals surface area contributed by atoms with Crippen LogP contribution in [-0.4, -0.2) is 49.1 Å². The first kappa shape index (κ1) is 21.4. The molecular formula is C23H29N5O3. The van der Waals surface area contributed by atoms with Gasteiger partial charge in [-0.2, -0.15) is 9.78 Å². The molecule has 0 bridgehead atoms. The van der Waals surface area contributed by atoms with Crippen molar-refractivity contribution in [3.8, 4) is 5.95 Å². The van der Waals surface area contributed by atoms with E-state index in [9.17, 15) is 9.90 Å². The van der Waals surface area contributed by atoms with Crippen LogP contribution in [0.2, 0.25) is 0 Å². The minimum Gasteiger partial charge on any atom is -0.388 e. The van der Waals surface area contributed by atoms with Gasteiger partial charge in [-0.25, -0.2) is 9.97 Å². The molecule has 1 aliphatic rings. The highest BCUT2D eigenvalue weighted by Crippen LogP contribution is 2.35. The number of carbonyl (C=O) groups is 1. The lowest BCUT2D eigenvalue weighted by molar-refractivity contribution is -0.0637. The van der Waals surface area contributed by atoms with Crippen LogP contribution in [0, 0.1) is 6.92 Å². The van der Waals surface area contributed by atoms with Gasteiger partial charge in [0.2, 0.25) is 0 Å². The molecule has 0 radical (unpaired) electrons. The molecule has 2 aromatic heterocycles. The summed E-state index contributed by atoms with van der Waals surface area (Å²) in [5.41, 5.74) is 7.64. The molecule has 1 saturated carbocycles. The van der Waals surface area contributed by atoms with Crippen molar-refractivity contribution in [2.24, 2.45) is 5.73 Å². The number of primary amides is 1. The minimum atomic E-state index is -0.845. The second-order valence-corrected chi connectivity index (χ2v) is 8.94. The lowest BCUT2D eigenvalue weighted by atomic mass is 9.83. The van der Waals surface area contributed by atoms with Gasteiger partial charge in [-0.1, -0.05) is 18.2 Å². The van der Waals surface area contributed by atoms with Crippen LogP contribution in [0.1, 0.15) is 67.2 Å². The van der Waals surface area contributed by atoms with E-state index < -0.39 is 11.5 Å². The van der Waals surface area contributed by atoms with Crippen molar-refractivity contribution in [3.63, 3.8) is 0 Å². The normalized spacial score (nSPS) is 19.6. The van der Waals surface area contributed by atoms with E-state index in [1.54, 1.807) is 18.5 Å². The predicted octanol–water partition coefficient (Wildman–Crippen LogP) is 3.04. The van der Waals surface area contributed by atoms with Gasteiger partial charge in [-0.05, 0) is 52.5 Å². The lowest BCUT2D eigenvalue weighted by Gasteiger charge is -2.30. The molecule has 2 heterocycles. The van der Waals surface area contributed by atoms with Gasteiger partial charge in [-0.15, -0.1) is 0 Å². The van der Waals surface area contributed by atoms with Gasteiger partial charge in [-0.3, -0.25) is 4.79 Å². The maximum absolute atomic E-state index is 12.1. The van der Waals surface area contributed by atoms with E-state index in [0.29, 0.717) is 23.8 Å². The summed E-state index contributed by atoms with van der Waals surface area (Å²) in [5, 5.41) is 15.5. The number of aliphatic hydroxyl groups is 1. The summed E-state index contributed by atoms with van der Waals surface area (Å²) < 4.78 is 7.58. The van der Waals surface area contributed by atoms with Crippen LogP contribution >= 0.6 is 0 Å². The Balaban J connectivity index is 1.61. The number of amides is 1. The summed E-state index contributed by atoms with van der Waals surface area (Å²) in [6.07, 6.45) is 4.93. The third kappa shape index (κ3) is 4.60. The Morgan fingerprint density at radius 3 is 2.65 bits per heavy atom. The van der Waals surface area contributed by atoms with Crippen LogP contribution in [0.15, 0.2) is 30.5 Å². The summed E-state index contributed by atoms with van der Waals surface area (Å²) in [5.74, 6) is 0.00215.